The molecule has 0 aliphatic carbocycles. The third-order valence-electron chi connectivity index (χ3n) is 2.50. The summed E-state index contributed by atoms with van der Waals surface area (Å²) in [5.74, 6) is 0.705. The highest BCUT2D eigenvalue weighted by Gasteiger charge is 2.19. The van der Waals surface area contributed by atoms with Crippen LogP contribution in [0.25, 0.3) is 0 Å². The van der Waals surface area contributed by atoms with Crippen molar-refractivity contribution in [2.75, 3.05) is 0 Å². The van der Waals surface area contributed by atoms with E-state index in [9.17, 15) is 8.42 Å². The Bertz CT molecular complexity index is 466. The molecule has 3 nitrogen and oxygen atoms in total. The van der Waals surface area contributed by atoms with Crippen LogP contribution in [-0.4, -0.2) is 8.42 Å². The average molecular weight is 277 g/mol. The van der Waals surface area contributed by atoms with Crippen molar-refractivity contribution in [3.05, 3.63) is 29.3 Å². The summed E-state index contributed by atoms with van der Waals surface area (Å²) in [7, 11) is 1.15. The van der Waals surface area contributed by atoms with Crippen LogP contribution >= 0.6 is 10.7 Å². The largest absolute Gasteiger partial charge is 0.401 e. The molecule has 17 heavy (non-hydrogen) atoms. The number of halogens is 1. The van der Waals surface area contributed by atoms with E-state index in [1.807, 2.05) is 45.9 Å². The van der Waals surface area contributed by atoms with E-state index in [2.05, 4.69) is 0 Å². The van der Waals surface area contributed by atoms with Crippen molar-refractivity contribution in [3.63, 3.8) is 0 Å². The normalized spacial score (nSPS) is 12.2. The lowest BCUT2D eigenvalue weighted by atomic mass is 9.94. The maximum absolute atomic E-state index is 11.1. The SMILES string of the molecule is CC(C)c1cccc(C(C)C)c1OS(=O)(=O)Cl. The Hall–Kier alpha value is -0.740. The fourth-order valence-electron chi connectivity index (χ4n) is 1.68. The van der Waals surface area contributed by atoms with Gasteiger partial charge in [0, 0.05) is 0 Å². The third kappa shape index (κ3) is 3.89. The molecule has 0 heterocycles. The lowest BCUT2D eigenvalue weighted by Gasteiger charge is -2.17. The summed E-state index contributed by atoms with van der Waals surface area (Å²) in [5, 5.41) is 0. The van der Waals surface area contributed by atoms with Crippen molar-refractivity contribution in [1.29, 1.82) is 0 Å². The fraction of sp³-hybridized carbons (Fsp3) is 0.500. The molecule has 0 unspecified atom stereocenters. The van der Waals surface area contributed by atoms with E-state index < -0.39 is 9.33 Å². The van der Waals surface area contributed by atoms with Gasteiger partial charge in [0.25, 0.3) is 0 Å². The molecule has 0 N–H and O–H groups in total. The zero-order valence-electron chi connectivity index (χ0n) is 10.4. The Morgan fingerprint density at radius 3 is 1.76 bits per heavy atom. The van der Waals surface area contributed by atoms with Crippen LogP contribution in [0.3, 0.4) is 0 Å². The predicted octanol–water partition coefficient (Wildman–Crippen LogP) is 3.80. The second-order valence-corrected chi connectivity index (χ2v) is 6.64. The van der Waals surface area contributed by atoms with Crippen LogP contribution < -0.4 is 4.18 Å². The first kappa shape index (κ1) is 14.3. The topological polar surface area (TPSA) is 43.4 Å². The van der Waals surface area contributed by atoms with Crippen LogP contribution in [0.15, 0.2) is 18.2 Å². The zero-order chi connectivity index (χ0) is 13.2. The summed E-state index contributed by atoms with van der Waals surface area (Å²) in [4.78, 5) is 0. The molecule has 1 rings (SSSR count). The standard InChI is InChI=1S/C12H17ClO3S/c1-8(2)10-6-5-7-11(9(3)4)12(10)16-17(13,14)15/h5-9H,1-4H3. The Balaban J connectivity index is 3.39. The number of rotatable bonds is 4. The van der Waals surface area contributed by atoms with Crippen LogP contribution in [0.1, 0.15) is 50.7 Å². The molecule has 0 fully saturated rings. The summed E-state index contributed by atoms with van der Waals surface area (Å²) >= 11 is 0. The van der Waals surface area contributed by atoms with Gasteiger partial charge in [0.2, 0.25) is 0 Å². The molecule has 0 saturated carbocycles. The molecule has 1 aromatic rings. The fourth-order valence-corrected chi connectivity index (χ4v) is 2.26. The first-order valence-electron chi connectivity index (χ1n) is 5.49. The van der Waals surface area contributed by atoms with Gasteiger partial charge in [0.15, 0.2) is 5.75 Å². The smallest absolute Gasteiger partial charge is 0.370 e. The Morgan fingerprint density at radius 2 is 1.47 bits per heavy atom. The Kier molecular flexibility index (Phi) is 4.44. The van der Waals surface area contributed by atoms with Gasteiger partial charge in [-0.3, -0.25) is 0 Å². The van der Waals surface area contributed by atoms with E-state index in [1.54, 1.807) is 0 Å². The van der Waals surface area contributed by atoms with Gasteiger partial charge < -0.3 is 4.18 Å². The molecule has 0 aliphatic heterocycles. The van der Waals surface area contributed by atoms with Gasteiger partial charge in [-0.2, -0.15) is 8.42 Å². The van der Waals surface area contributed by atoms with Crippen molar-refractivity contribution in [1.82, 2.24) is 0 Å². The molecule has 0 amide bonds. The number of hydrogen-bond acceptors (Lipinski definition) is 3. The van der Waals surface area contributed by atoms with E-state index in [4.69, 9.17) is 14.9 Å². The van der Waals surface area contributed by atoms with Crippen molar-refractivity contribution in [2.45, 2.75) is 39.5 Å². The van der Waals surface area contributed by atoms with Crippen LogP contribution in [0, 0.1) is 0 Å². The minimum atomic E-state index is -4.02. The minimum absolute atomic E-state index is 0.169. The molecule has 0 spiro atoms. The summed E-state index contributed by atoms with van der Waals surface area (Å²) in [6.07, 6.45) is 0. The van der Waals surface area contributed by atoms with Crippen LogP contribution in [0.5, 0.6) is 5.75 Å². The van der Waals surface area contributed by atoms with Gasteiger partial charge in [0.1, 0.15) is 0 Å². The summed E-state index contributed by atoms with van der Waals surface area (Å²) < 4.78 is 27.1. The second kappa shape index (κ2) is 5.27. The van der Waals surface area contributed by atoms with Crippen molar-refractivity contribution in [3.8, 4) is 5.75 Å². The molecule has 0 atom stereocenters. The molecule has 1 aromatic carbocycles. The summed E-state index contributed by atoms with van der Waals surface area (Å²) in [6.45, 7) is 7.92. The molecule has 0 aliphatic rings. The maximum Gasteiger partial charge on any atom is 0.401 e. The average Bonchev–Trinajstić information content (AvgIpc) is 2.14. The molecular formula is C12H17ClO3S. The molecular weight excluding hydrogens is 260 g/mol. The quantitative estimate of drug-likeness (QED) is 0.786. The zero-order valence-corrected chi connectivity index (χ0v) is 12.0. The predicted molar refractivity (Wildman–Crippen MR) is 70.0 cm³/mol. The van der Waals surface area contributed by atoms with Crippen molar-refractivity contribution < 1.29 is 12.6 Å². The van der Waals surface area contributed by atoms with E-state index in [1.165, 1.54) is 0 Å². The molecule has 0 saturated heterocycles. The first-order chi connectivity index (χ1) is 7.72. The molecule has 96 valence electrons. The van der Waals surface area contributed by atoms with Crippen LogP contribution in [-0.2, 0) is 9.33 Å². The van der Waals surface area contributed by atoms with E-state index >= 15 is 0 Å². The number of para-hydroxylation sites is 1. The number of hydrogen-bond donors (Lipinski definition) is 0. The highest BCUT2D eigenvalue weighted by molar-refractivity contribution is 8.10. The van der Waals surface area contributed by atoms with Gasteiger partial charge in [-0.25, -0.2) is 0 Å². The molecule has 0 aromatic heterocycles. The van der Waals surface area contributed by atoms with Gasteiger partial charge in [-0.05, 0) is 23.0 Å². The summed E-state index contributed by atoms with van der Waals surface area (Å²) in [6, 6.07) is 5.61. The lowest BCUT2D eigenvalue weighted by molar-refractivity contribution is 0.492. The highest BCUT2D eigenvalue weighted by atomic mass is 35.7. The lowest BCUT2D eigenvalue weighted by Crippen LogP contribution is -2.07. The number of benzene rings is 1. The first-order valence-corrected chi connectivity index (χ1v) is 7.72. The Labute approximate surface area is 107 Å². The van der Waals surface area contributed by atoms with Gasteiger partial charge >= 0.3 is 9.33 Å². The van der Waals surface area contributed by atoms with Crippen LogP contribution in [0.2, 0.25) is 0 Å². The van der Waals surface area contributed by atoms with E-state index in [0.29, 0.717) is 5.75 Å². The molecule has 0 radical (unpaired) electrons. The molecule has 0 bridgehead atoms. The van der Waals surface area contributed by atoms with E-state index in [0.717, 1.165) is 11.1 Å². The summed E-state index contributed by atoms with van der Waals surface area (Å²) in [5.41, 5.74) is 1.70. The van der Waals surface area contributed by atoms with Gasteiger partial charge in [0.05, 0.1) is 10.7 Å². The van der Waals surface area contributed by atoms with Gasteiger partial charge in [-0.15, -0.1) is 0 Å². The maximum atomic E-state index is 11.1. The monoisotopic (exact) mass is 276 g/mol. The highest BCUT2D eigenvalue weighted by Crippen LogP contribution is 2.35. The minimum Gasteiger partial charge on any atom is -0.370 e. The second-order valence-electron chi connectivity index (χ2n) is 4.55. The van der Waals surface area contributed by atoms with Crippen molar-refractivity contribution in [2.24, 2.45) is 0 Å². The van der Waals surface area contributed by atoms with Crippen LogP contribution in [0.4, 0.5) is 0 Å². The van der Waals surface area contributed by atoms with Crippen molar-refractivity contribution >= 4 is 20.0 Å². The van der Waals surface area contributed by atoms with Gasteiger partial charge in [-0.1, -0.05) is 45.9 Å². The third-order valence-corrected chi connectivity index (χ3v) is 3.06. The van der Waals surface area contributed by atoms with E-state index in [-0.39, 0.29) is 11.8 Å². The Morgan fingerprint density at radius 1 is 1.06 bits per heavy atom. The molecule has 5 heteroatoms.